The average Bonchev–Trinajstić information content (AvgIpc) is 3.63. The Morgan fingerprint density at radius 2 is 1.93 bits per heavy atom. The van der Waals surface area contributed by atoms with E-state index in [-0.39, 0.29) is 43.1 Å². The molecule has 1 aromatic carbocycles. The number of nitriles is 1. The first-order valence-corrected chi connectivity index (χ1v) is 12.7. The zero-order chi connectivity index (χ0) is 28.2. The summed E-state index contributed by atoms with van der Waals surface area (Å²) in [4.78, 5) is 65.1. The number of nitrogens with zero attached hydrogens (tertiary/aromatic N) is 7. The fraction of sp³-hybridized carbons (Fsp3) is 0.385. The molecule has 14 nitrogen and oxygen atoms in total. The van der Waals surface area contributed by atoms with Gasteiger partial charge in [-0.2, -0.15) is 5.26 Å². The van der Waals surface area contributed by atoms with Crippen LogP contribution in [0.5, 0.6) is 0 Å². The van der Waals surface area contributed by atoms with Crippen LogP contribution in [0.4, 0.5) is 16.3 Å². The summed E-state index contributed by atoms with van der Waals surface area (Å²) in [5, 5.41) is 13.1. The largest absolute Gasteiger partial charge is 0.362 e. The number of aromatic nitrogens is 3. The minimum Gasteiger partial charge on any atom is -0.354 e. The van der Waals surface area contributed by atoms with Gasteiger partial charge in [0.2, 0.25) is 5.91 Å². The summed E-state index contributed by atoms with van der Waals surface area (Å²) in [7, 11) is 1.91. The molecule has 2 saturated heterocycles. The SMILES string of the molecule is C[C@@H]1CCN(C(=O)CC#N)C[C@@H]1N(C)c1ncnc2c1ccn2C(=O)Nc1ccc(C(=O)ON2OCCO2)cc1. The Bertz CT molecular complexity index is 1450. The minimum absolute atomic E-state index is 0.0273. The summed E-state index contributed by atoms with van der Waals surface area (Å²) in [6.07, 6.45) is 3.68. The van der Waals surface area contributed by atoms with E-state index in [1.165, 1.54) is 23.0 Å². The molecule has 3 aromatic rings. The van der Waals surface area contributed by atoms with Crippen LogP contribution in [-0.4, -0.2) is 82.1 Å². The Labute approximate surface area is 229 Å². The van der Waals surface area contributed by atoms with Crippen molar-refractivity contribution in [3.63, 3.8) is 0 Å². The number of fused-ring (bicyclic) bond motifs is 1. The first kappa shape index (κ1) is 27.0. The van der Waals surface area contributed by atoms with Crippen LogP contribution < -0.4 is 10.2 Å². The lowest BCUT2D eigenvalue weighted by atomic mass is 9.92. The summed E-state index contributed by atoms with van der Waals surface area (Å²) in [5.74, 6) is 0.0661. The number of nitrogens with one attached hydrogen (secondary N) is 1. The second-order valence-corrected chi connectivity index (χ2v) is 9.52. The van der Waals surface area contributed by atoms with E-state index in [4.69, 9.17) is 19.8 Å². The third-order valence-corrected chi connectivity index (χ3v) is 7.02. The van der Waals surface area contributed by atoms with Crippen molar-refractivity contribution in [3.8, 4) is 6.07 Å². The molecule has 2 atom stereocenters. The smallest absolute Gasteiger partial charge is 0.354 e. The van der Waals surface area contributed by atoms with Crippen LogP contribution >= 0.6 is 0 Å². The molecule has 0 aliphatic carbocycles. The second-order valence-electron chi connectivity index (χ2n) is 9.52. The van der Waals surface area contributed by atoms with Crippen LogP contribution in [0.1, 0.15) is 30.1 Å². The number of likely N-dealkylation sites (N-methyl/N-ethyl adjacent to an activating group) is 1. The predicted octanol–water partition coefficient (Wildman–Crippen LogP) is 2.35. The van der Waals surface area contributed by atoms with Crippen LogP contribution in [-0.2, 0) is 19.3 Å². The number of anilines is 2. The van der Waals surface area contributed by atoms with Gasteiger partial charge in [0.15, 0.2) is 5.65 Å². The van der Waals surface area contributed by atoms with Gasteiger partial charge in [0, 0.05) is 32.0 Å². The molecule has 0 spiro atoms. The van der Waals surface area contributed by atoms with Crippen LogP contribution in [0.2, 0.25) is 0 Å². The first-order valence-electron chi connectivity index (χ1n) is 12.7. The molecular formula is C26H28N8O6. The topological polar surface area (TPSA) is 155 Å². The zero-order valence-corrected chi connectivity index (χ0v) is 22.0. The second kappa shape index (κ2) is 11.7. The molecule has 0 unspecified atom stereocenters. The van der Waals surface area contributed by atoms with Gasteiger partial charge in [-0.05, 0) is 42.7 Å². The highest BCUT2D eigenvalue weighted by Gasteiger charge is 2.33. The van der Waals surface area contributed by atoms with E-state index < -0.39 is 12.0 Å². The van der Waals surface area contributed by atoms with Crippen molar-refractivity contribution in [2.45, 2.75) is 25.8 Å². The highest BCUT2D eigenvalue weighted by atomic mass is 17.2. The molecule has 0 saturated carbocycles. The van der Waals surface area contributed by atoms with Crippen molar-refractivity contribution >= 4 is 40.4 Å². The van der Waals surface area contributed by atoms with Crippen molar-refractivity contribution in [2.24, 2.45) is 5.92 Å². The molecular weight excluding hydrogens is 520 g/mol. The van der Waals surface area contributed by atoms with Gasteiger partial charge >= 0.3 is 12.0 Å². The summed E-state index contributed by atoms with van der Waals surface area (Å²) in [5.41, 5.74) is 1.12. The molecule has 2 aromatic heterocycles. The normalized spacial score (nSPS) is 19.3. The van der Waals surface area contributed by atoms with Gasteiger partial charge in [0.05, 0.1) is 23.1 Å². The van der Waals surface area contributed by atoms with E-state index in [1.807, 2.05) is 18.0 Å². The van der Waals surface area contributed by atoms with Gasteiger partial charge in [0.25, 0.3) is 0 Å². The number of amides is 2. The Hall–Kier alpha value is -4.58. The fourth-order valence-corrected chi connectivity index (χ4v) is 4.81. The highest BCUT2D eigenvalue weighted by molar-refractivity contribution is 6.00. The molecule has 4 heterocycles. The Kier molecular flexibility index (Phi) is 7.87. The van der Waals surface area contributed by atoms with E-state index in [9.17, 15) is 14.4 Å². The van der Waals surface area contributed by atoms with Gasteiger partial charge < -0.3 is 20.0 Å². The molecule has 0 bridgehead atoms. The van der Waals surface area contributed by atoms with Gasteiger partial charge in [-0.15, -0.1) is 0 Å². The number of benzene rings is 1. The third-order valence-electron chi connectivity index (χ3n) is 7.02. The number of hydrogen-bond acceptors (Lipinski definition) is 11. The molecule has 40 heavy (non-hydrogen) atoms. The minimum atomic E-state index is -0.672. The molecule has 208 valence electrons. The first-order chi connectivity index (χ1) is 19.4. The van der Waals surface area contributed by atoms with E-state index in [2.05, 4.69) is 22.2 Å². The molecule has 2 amide bonds. The Morgan fingerprint density at radius 3 is 2.65 bits per heavy atom. The maximum atomic E-state index is 13.1. The standard InChI is InChI=1S/C26H28N8O6/c1-17-8-11-32(22(35)7-10-27)15-21(17)31(2)23-20-9-12-33(24(20)29-16-28-23)26(37)30-19-5-3-18(4-6-19)25(36)40-34-38-13-14-39-34/h3-6,9,12,16-17,21H,7-8,11,13-15H2,1-2H3,(H,30,37)/t17-,21+/m1/s1. The van der Waals surface area contributed by atoms with E-state index in [1.54, 1.807) is 29.3 Å². The molecule has 5 rings (SSSR count). The Morgan fingerprint density at radius 1 is 1.18 bits per heavy atom. The van der Waals surface area contributed by atoms with Crippen molar-refractivity contribution in [1.82, 2.24) is 24.8 Å². The van der Waals surface area contributed by atoms with Crippen LogP contribution in [0, 0.1) is 17.2 Å². The van der Waals surface area contributed by atoms with Gasteiger partial charge in [-0.1, -0.05) is 6.92 Å². The van der Waals surface area contributed by atoms with Gasteiger partial charge in [-0.25, -0.2) is 29.2 Å². The number of rotatable bonds is 6. The van der Waals surface area contributed by atoms with E-state index >= 15 is 0 Å². The molecule has 2 aliphatic rings. The number of carbonyl (C=O) groups excluding carboxylic acids is 3. The lowest BCUT2D eigenvalue weighted by Gasteiger charge is -2.42. The fourth-order valence-electron chi connectivity index (χ4n) is 4.81. The quantitative estimate of drug-likeness (QED) is 0.482. The maximum absolute atomic E-state index is 13.1. The maximum Gasteiger partial charge on any atom is 0.362 e. The average molecular weight is 549 g/mol. The summed E-state index contributed by atoms with van der Waals surface area (Å²) in [6.45, 7) is 3.80. The summed E-state index contributed by atoms with van der Waals surface area (Å²) < 4.78 is 1.38. The van der Waals surface area contributed by atoms with Crippen molar-refractivity contribution in [1.29, 1.82) is 5.26 Å². The van der Waals surface area contributed by atoms with Crippen LogP contribution in [0.15, 0.2) is 42.9 Å². The van der Waals surface area contributed by atoms with E-state index in [0.29, 0.717) is 41.0 Å². The Balaban J connectivity index is 1.29. The van der Waals surface area contributed by atoms with Gasteiger partial charge in [0.1, 0.15) is 37.2 Å². The van der Waals surface area contributed by atoms with Crippen molar-refractivity contribution in [3.05, 3.63) is 48.4 Å². The number of hydrogen-bond donors (Lipinski definition) is 1. The predicted molar refractivity (Wildman–Crippen MR) is 140 cm³/mol. The van der Waals surface area contributed by atoms with Crippen LogP contribution in [0.3, 0.4) is 0 Å². The number of piperidine rings is 1. The molecule has 0 radical (unpaired) electrons. The van der Waals surface area contributed by atoms with Gasteiger partial charge in [-0.3, -0.25) is 9.36 Å². The third kappa shape index (κ3) is 5.57. The molecule has 2 fully saturated rings. The summed E-state index contributed by atoms with van der Waals surface area (Å²) in [6, 6.07) is 9.39. The highest BCUT2D eigenvalue weighted by Crippen LogP contribution is 2.30. The molecule has 14 heteroatoms. The number of carbonyl (C=O) groups is 3. The lowest BCUT2D eigenvalue weighted by Crippen LogP contribution is -2.52. The lowest BCUT2D eigenvalue weighted by molar-refractivity contribution is -0.455. The monoisotopic (exact) mass is 548 g/mol. The van der Waals surface area contributed by atoms with Crippen molar-refractivity contribution < 1.29 is 28.9 Å². The summed E-state index contributed by atoms with van der Waals surface area (Å²) >= 11 is 0. The zero-order valence-electron chi connectivity index (χ0n) is 22.0. The molecule has 1 N–H and O–H groups in total. The van der Waals surface area contributed by atoms with Crippen LogP contribution in [0.25, 0.3) is 11.0 Å². The number of likely N-dealkylation sites (tertiary alicyclic amines) is 1. The van der Waals surface area contributed by atoms with Crippen molar-refractivity contribution in [2.75, 3.05) is 43.6 Å². The van der Waals surface area contributed by atoms with E-state index in [0.717, 1.165) is 6.42 Å². The molecule has 2 aliphatic heterocycles.